The first-order valence-electron chi connectivity index (χ1n) is 8.49. The number of carbonyl (C=O) groups excluding carboxylic acids is 2. The summed E-state index contributed by atoms with van der Waals surface area (Å²) in [5.41, 5.74) is 0.814. The number of para-hydroxylation sites is 1. The maximum Gasteiger partial charge on any atom is 0.338 e. The molecule has 0 aliphatic rings. The van der Waals surface area contributed by atoms with E-state index in [9.17, 15) is 14.4 Å². The number of rotatable bonds is 4. The number of fused-ring (bicyclic) bond motifs is 1. The Labute approximate surface area is 156 Å². The highest BCUT2D eigenvalue weighted by Crippen LogP contribution is 2.12. The first-order valence-corrected chi connectivity index (χ1v) is 8.49. The average Bonchev–Trinajstić information content (AvgIpc) is 2.69. The molecule has 2 aromatic carbocycles. The van der Waals surface area contributed by atoms with Crippen LogP contribution in [0.3, 0.4) is 0 Å². The molecule has 0 spiro atoms. The molecule has 0 saturated heterocycles. The highest BCUT2D eigenvalue weighted by Gasteiger charge is 2.17. The van der Waals surface area contributed by atoms with Crippen molar-refractivity contribution in [3.63, 3.8) is 0 Å². The fourth-order valence-electron chi connectivity index (χ4n) is 2.27. The minimum atomic E-state index is -0.508. The molecule has 0 atom stereocenters. The molecule has 6 heteroatoms. The molecular weight excluding hydrogens is 348 g/mol. The quantitative estimate of drug-likeness (QED) is 0.514. The molecule has 0 fully saturated rings. The first kappa shape index (κ1) is 19.9. The summed E-state index contributed by atoms with van der Waals surface area (Å²) in [7, 11) is 0. The van der Waals surface area contributed by atoms with Crippen molar-refractivity contribution in [1.29, 1.82) is 0 Å². The van der Waals surface area contributed by atoms with Crippen LogP contribution in [0, 0.1) is 0 Å². The van der Waals surface area contributed by atoms with Gasteiger partial charge in [-0.3, -0.25) is 0 Å². The van der Waals surface area contributed by atoms with Crippen molar-refractivity contribution in [3.8, 4) is 0 Å². The fraction of sp³-hybridized carbons (Fsp3) is 0.190. The van der Waals surface area contributed by atoms with Crippen LogP contribution in [0.25, 0.3) is 11.0 Å². The van der Waals surface area contributed by atoms with Crippen LogP contribution >= 0.6 is 0 Å². The predicted octanol–water partition coefficient (Wildman–Crippen LogP) is 3.83. The second-order valence-electron chi connectivity index (χ2n) is 5.28. The molecule has 0 N–H and O–H groups in total. The molecule has 27 heavy (non-hydrogen) atoms. The summed E-state index contributed by atoms with van der Waals surface area (Å²) in [6.45, 7) is 3.97. The molecule has 0 bridgehead atoms. The molecule has 0 unspecified atom stereocenters. The summed E-state index contributed by atoms with van der Waals surface area (Å²) in [6.07, 6.45) is 0. The van der Waals surface area contributed by atoms with E-state index in [1.165, 1.54) is 6.07 Å². The molecular formula is C21H20O6. The highest BCUT2D eigenvalue weighted by molar-refractivity contribution is 6.03. The molecule has 6 nitrogen and oxygen atoms in total. The van der Waals surface area contributed by atoms with Crippen LogP contribution < -0.4 is 5.63 Å². The van der Waals surface area contributed by atoms with Gasteiger partial charge in [-0.05, 0) is 38.1 Å². The maximum atomic E-state index is 11.5. The van der Waals surface area contributed by atoms with Crippen LogP contribution in [0.1, 0.15) is 34.6 Å². The number of benzene rings is 2. The average molecular weight is 368 g/mol. The van der Waals surface area contributed by atoms with E-state index in [2.05, 4.69) is 0 Å². The van der Waals surface area contributed by atoms with E-state index in [0.717, 1.165) is 5.39 Å². The number of hydrogen-bond acceptors (Lipinski definition) is 6. The molecule has 0 aliphatic carbocycles. The zero-order valence-corrected chi connectivity index (χ0v) is 15.1. The largest absolute Gasteiger partial charge is 0.462 e. The third kappa shape index (κ3) is 5.54. The van der Waals surface area contributed by atoms with Crippen molar-refractivity contribution in [2.75, 3.05) is 13.2 Å². The molecule has 1 aromatic heterocycles. The smallest absolute Gasteiger partial charge is 0.338 e. The van der Waals surface area contributed by atoms with Crippen LogP contribution in [0.2, 0.25) is 0 Å². The van der Waals surface area contributed by atoms with Gasteiger partial charge in [0.05, 0.1) is 24.3 Å². The fourth-order valence-corrected chi connectivity index (χ4v) is 2.27. The third-order valence-corrected chi connectivity index (χ3v) is 3.45. The molecule has 0 amide bonds. The van der Waals surface area contributed by atoms with Gasteiger partial charge >= 0.3 is 17.6 Å². The second kappa shape index (κ2) is 9.91. The Morgan fingerprint density at radius 2 is 1.30 bits per heavy atom. The van der Waals surface area contributed by atoms with Crippen LogP contribution in [0.15, 0.2) is 69.9 Å². The van der Waals surface area contributed by atoms with Crippen molar-refractivity contribution in [2.24, 2.45) is 0 Å². The van der Waals surface area contributed by atoms with Crippen molar-refractivity contribution in [2.45, 2.75) is 13.8 Å². The van der Waals surface area contributed by atoms with Gasteiger partial charge < -0.3 is 13.9 Å². The first-order chi connectivity index (χ1) is 13.1. The summed E-state index contributed by atoms with van der Waals surface area (Å²) in [6, 6.07) is 17.0. The lowest BCUT2D eigenvalue weighted by Crippen LogP contribution is -2.13. The zero-order chi connectivity index (χ0) is 19.6. The Kier molecular flexibility index (Phi) is 7.31. The van der Waals surface area contributed by atoms with Gasteiger partial charge in [0.1, 0.15) is 5.58 Å². The maximum absolute atomic E-state index is 11.5. The number of hydrogen-bond donors (Lipinski definition) is 0. The van der Waals surface area contributed by atoms with E-state index in [1.54, 1.807) is 50.2 Å². The van der Waals surface area contributed by atoms with E-state index in [4.69, 9.17) is 13.9 Å². The second-order valence-corrected chi connectivity index (χ2v) is 5.28. The van der Waals surface area contributed by atoms with Crippen molar-refractivity contribution in [3.05, 3.63) is 82.2 Å². The number of esters is 2. The summed E-state index contributed by atoms with van der Waals surface area (Å²) in [4.78, 5) is 33.8. The van der Waals surface area contributed by atoms with Gasteiger partial charge in [0.25, 0.3) is 0 Å². The molecule has 3 aromatic rings. The summed E-state index contributed by atoms with van der Waals surface area (Å²) in [5.74, 6) is -1.02. The van der Waals surface area contributed by atoms with Crippen molar-refractivity contribution in [1.82, 2.24) is 0 Å². The Morgan fingerprint density at radius 3 is 1.85 bits per heavy atom. The van der Waals surface area contributed by atoms with Gasteiger partial charge in [0, 0.05) is 11.5 Å². The van der Waals surface area contributed by atoms with E-state index >= 15 is 0 Å². The van der Waals surface area contributed by atoms with Gasteiger partial charge in [-0.15, -0.1) is 0 Å². The summed E-state index contributed by atoms with van der Waals surface area (Å²) < 4.78 is 14.6. The Hall–Kier alpha value is -3.41. The monoisotopic (exact) mass is 368 g/mol. The van der Waals surface area contributed by atoms with Crippen LogP contribution in [0.5, 0.6) is 0 Å². The zero-order valence-electron chi connectivity index (χ0n) is 15.1. The summed E-state index contributed by atoms with van der Waals surface area (Å²) >= 11 is 0. The Bertz CT molecular complexity index is 936. The molecule has 140 valence electrons. The lowest BCUT2D eigenvalue weighted by Gasteiger charge is -2.07. The van der Waals surface area contributed by atoms with E-state index < -0.39 is 11.9 Å². The highest BCUT2D eigenvalue weighted by atomic mass is 16.5. The molecule has 0 radical (unpaired) electrons. The van der Waals surface area contributed by atoms with Gasteiger partial charge in [-0.2, -0.15) is 0 Å². The molecule has 0 aliphatic heterocycles. The van der Waals surface area contributed by atoms with Gasteiger partial charge in [-0.25, -0.2) is 14.4 Å². The van der Waals surface area contributed by atoms with Crippen LogP contribution in [-0.2, 0) is 9.47 Å². The Morgan fingerprint density at radius 1 is 0.778 bits per heavy atom. The van der Waals surface area contributed by atoms with E-state index in [1.807, 2.05) is 18.2 Å². The van der Waals surface area contributed by atoms with E-state index in [0.29, 0.717) is 5.58 Å². The topological polar surface area (TPSA) is 82.8 Å². The Balaban J connectivity index is 0.000000206. The predicted molar refractivity (Wildman–Crippen MR) is 101 cm³/mol. The molecule has 3 rings (SSSR count). The SMILES string of the molecule is CCOC(=O)c1ccccc1C(=O)OCC.O=c1ccc2ccccc2o1. The standard InChI is InChI=1S/C12H14O4.C9H6O2/c1-3-15-11(13)9-7-5-6-8-10(9)12(14)16-4-2;10-9-6-5-7-3-1-2-4-8(7)11-9/h5-8H,3-4H2,1-2H3;1-6H. The lowest BCUT2D eigenvalue weighted by molar-refractivity contribution is 0.0479. The number of ether oxygens (including phenoxy) is 2. The van der Waals surface area contributed by atoms with E-state index in [-0.39, 0.29) is 30.0 Å². The molecule has 1 heterocycles. The minimum absolute atomic E-state index is 0.239. The lowest BCUT2D eigenvalue weighted by atomic mass is 10.1. The van der Waals surface area contributed by atoms with Gasteiger partial charge in [0.2, 0.25) is 0 Å². The van der Waals surface area contributed by atoms with Gasteiger partial charge in [0.15, 0.2) is 0 Å². The van der Waals surface area contributed by atoms with Crippen LogP contribution in [-0.4, -0.2) is 25.2 Å². The van der Waals surface area contributed by atoms with Crippen LogP contribution in [0.4, 0.5) is 0 Å². The third-order valence-electron chi connectivity index (χ3n) is 3.45. The van der Waals surface area contributed by atoms with Gasteiger partial charge in [-0.1, -0.05) is 30.3 Å². The van der Waals surface area contributed by atoms with Crippen molar-refractivity contribution < 1.29 is 23.5 Å². The summed E-state index contributed by atoms with van der Waals surface area (Å²) in [5, 5.41) is 0.951. The number of carbonyl (C=O) groups is 2. The minimum Gasteiger partial charge on any atom is -0.462 e. The van der Waals surface area contributed by atoms with Crippen molar-refractivity contribution >= 4 is 22.9 Å². The normalized spacial score (nSPS) is 9.85. The molecule has 0 saturated carbocycles.